The van der Waals surface area contributed by atoms with Crippen LogP contribution in [0.5, 0.6) is 0 Å². The predicted octanol–water partition coefficient (Wildman–Crippen LogP) is 2.78. The van der Waals surface area contributed by atoms with Gasteiger partial charge >= 0.3 is 0 Å². The second-order valence-corrected chi connectivity index (χ2v) is 6.06. The van der Waals surface area contributed by atoms with Gasteiger partial charge in [-0.15, -0.1) is 0 Å². The van der Waals surface area contributed by atoms with Crippen molar-refractivity contribution in [1.82, 2.24) is 0 Å². The van der Waals surface area contributed by atoms with E-state index in [4.69, 9.17) is 0 Å². The summed E-state index contributed by atoms with van der Waals surface area (Å²) in [6, 6.07) is 0. The van der Waals surface area contributed by atoms with Crippen molar-refractivity contribution in [3.63, 3.8) is 0 Å². The maximum Gasteiger partial charge on any atom is 0.140 e. The van der Waals surface area contributed by atoms with E-state index in [0.29, 0.717) is 16.5 Å². The Kier molecular flexibility index (Phi) is 1.56. The highest BCUT2D eigenvalue weighted by Gasteiger charge is 2.65. The van der Waals surface area contributed by atoms with E-state index in [1.165, 1.54) is 6.42 Å². The molecule has 0 N–H and O–H groups in total. The molecular weight excluding hydrogens is 216 g/mol. The maximum absolute atomic E-state index is 11.8. The number of hydrogen-bond acceptors (Lipinski definition) is 1. The molecule has 0 aliphatic heterocycles. The summed E-state index contributed by atoms with van der Waals surface area (Å²) < 4.78 is 0. The van der Waals surface area contributed by atoms with Crippen LogP contribution in [-0.4, -0.2) is 10.6 Å². The summed E-state index contributed by atoms with van der Waals surface area (Å²) in [5.41, 5.74) is 0.107. The highest BCUT2D eigenvalue weighted by atomic mass is 79.9. The number of Topliss-reactive ketones (excluding diaryl/α,β-unsaturated/α-hetero) is 1. The Morgan fingerprint density at radius 3 is 2.25 bits per heavy atom. The molecule has 2 aliphatic carbocycles. The van der Waals surface area contributed by atoms with Crippen molar-refractivity contribution in [3.8, 4) is 0 Å². The lowest BCUT2D eigenvalue weighted by Crippen LogP contribution is -2.38. The first-order valence-electron chi connectivity index (χ1n) is 4.58. The van der Waals surface area contributed by atoms with E-state index in [9.17, 15) is 4.79 Å². The fourth-order valence-electron chi connectivity index (χ4n) is 2.92. The Morgan fingerprint density at radius 1 is 1.42 bits per heavy atom. The van der Waals surface area contributed by atoms with Gasteiger partial charge in [0.1, 0.15) is 5.78 Å². The average Bonchev–Trinajstić information content (AvgIpc) is 2.20. The van der Waals surface area contributed by atoms with E-state index in [-0.39, 0.29) is 10.8 Å². The molecular formula is C10H15BrO. The largest absolute Gasteiger partial charge is 0.299 e. The average molecular weight is 231 g/mol. The molecule has 0 amide bonds. The summed E-state index contributed by atoms with van der Waals surface area (Å²) >= 11 is 3.65. The van der Waals surface area contributed by atoms with Gasteiger partial charge in [-0.1, -0.05) is 36.7 Å². The molecule has 1 nitrogen and oxygen atoms in total. The minimum Gasteiger partial charge on any atom is -0.299 e. The van der Waals surface area contributed by atoms with Crippen LogP contribution >= 0.6 is 15.9 Å². The summed E-state index contributed by atoms with van der Waals surface area (Å²) in [6.45, 7) is 6.61. The number of hydrogen-bond donors (Lipinski definition) is 0. The lowest BCUT2D eigenvalue weighted by Gasteiger charge is -2.35. The molecule has 0 unspecified atom stereocenters. The zero-order valence-electron chi connectivity index (χ0n) is 7.86. The molecule has 0 saturated heterocycles. The molecule has 2 heteroatoms. The van der Waals surface area contributed by atoms with Crippen LogP contribution in [0, 0.1) is 16.7 Å². The maximum atomic E-state index is 11.8. The molecule has 0 aromatic carbocycles. The van der Waals surface area contributed by atoms with Gasteiger partial charge in [-0.25, -0.2) is 0 Å². The van der Waals surface area contributed by atoms with Crippen LogP contribution in [-0.2, 0) is 4.79 Å². The number of halogens is 1. The number of ketones is 1. The van der Waals surface area contributed by atoms with Crippen LogP contribution in [0.15, 0.2) is 0 Å². The topological polar surface area (TPSA) is 17.1 Å². The molecule has 2 rings (SSSR count). The van der Waals surface area contributed by atoms with Crippen LogP contribution in [0.4, 0.5) is 0 Å². The van der Waals surface area contributed by atoms with Gasteiger partial charge in [0, 0.05) is 16.7 Å². The van der Waals surface area contributed by atoms with E-state index >= 15 is 0 Å². The highest BCUT2D eigenvalue weighted by molar-refractivity contribution is 9.09. The molecule has 0 spiro atoms. The fraction of sp³-hybridized carbons (Fsp3) is 0.900. The molecule has 2 saturated carbocycles. The Hall–Kier alpha value is 0.150. The van der Waals surface area contributed by atoms with Gasteiger partial charge in [0.05, 0.1) is 0 Å². The van der Waals surface area contributed by atoms with Crippen molar-refractivity contribution in [2.45, 2.75) is 38.4 Å². The van der Waals surface area contributed by atoms with Gasteiger partial charge in [0.2, 0.25) is 0 Å². The molecule has 0 heterocycles. The number of carbonyl (C=O) groups is 1. The Morgan fingerprint density at radius 2 is 2.00 bits per heavy atom. The summed E-state index contributed by atoms with van der Waals surface area (Å²) in [5.74, 6) is 1.07. The highest BCUT2D eigenvalue weighted by Crippen LogP contribution is 2.65. The fourth-order valence-corrected chi connectivity index (χ4v) is 4.21. The smallest absolute Gasteiger partial charge is 0.140 e. The predicted molar refractivity (Wildman–Crippen MR) is 52.3 cm³/mol. The van der Waals surface area contributed by atoms with Crippen LogP contribution in [0.25, 0.3) is 0 Å². The summed E-state index contributed by atoms with van der Waals surface area (Å²) in [6.07, 6.45) is 1.99. The van der Waals surface area contributed by atoms with Gasteiger partial charge in [0.25, 0.3) is 0 Å². The standard InChI is InChI=1S/C10H15BrO/c1-9(2)6-4-7(11)10(9,3)8(12)5-6/h6-7H,4-5H2,1-3H3/t6-,7-,10+/m0/s1. The number of fused-ring (bicyclic) bond motifs is 2. The quantitative estimate of drug-likeness (QED) is 0.586. The second kappa shape index (κ2) is 2.14. The Labute approximate surface area is 82.0 Å². The normalized spacial score (nSPS) is 50.2. The zero-order chi connectivity index (χ0) is 9.15. The van der Waals surface area contributed by atoms with E-state index < -0.39 is 0 Å². The molecule has 3 atom stereocenters. The van der Waals surface area contributed by atoms with Crippen molar-refractivity contribution in [3.05, 3.63) is 0 Å². The third kappa shape index (κ3) is 0.688. The van der Waals surface area contributed by atoms with E-state index in [2.05, 4.69) is 36.7 Å². The molecule has 0 radical (unpaired) electrons. The molecule has 2 aliphatic rings. The van der Waals surface area contributed by atoms with E-state index in [1.54, 1.807) is 0 Å². The van der Waals surface area contributed by atoms with Gasteiger partial charge in [0.15, 0.2) is 0 Å². The SMILES string of the molecule is CC1(C)[C@@H]2CC(=O)[C@@]1(C)[C@@H](Br)C2. The first-order valence-corrected chi connectivity index (χ1v) is 5.49. The first-order chi connectivity index (χ1) is 5.40. The van der Waals surface area contributed by atoms with Gasteiger partial charge in [-0.3, -0.25) is 4.79 Å². The lowest BCUT2D eigenvalue weighted by molar-refractivity contribution is -0.127. The third-order valence-corrected chi connectivity index (χ3v) is 5.78. The summed E-state index contributed by atoms with van der Waals surface area (Å²) in [5, 5.41) is 0. The van der Waals surface area contributed by atoms with E-state index in [1.807, 2.05) is 0 Å². The van der Waals surface area contributed by atoms with Crippen molar-refractivity contribution in [2.75, 3.05) is 0 Å². The number of rotatable bonds is 0. The van der Waals surface area contributed by atoms with Crippen molar-refractivity contribution < 1.29 is 4.79 Å². The minimum atomic E-state index is -0.0995. The molecule has 2 bridgehead atoms. The van der Waals surface area contributed by atoms with Crippen LogP contribution in [0.3, 0.4) is 0 Å². The van der Waals surface area contributed by atoms with Gasteiger partial charge in [-0.2, -0.15) is 0 Å². The summed E-state index contributed by atoms with van der Waals surface area (Å²) in [4.78, 5) is 12.2. The molecule has 68 valence electrons. The number of carbonyl (C=O) groups excluding carboxylic acids is 1. The van der Waals surface area contributed by atoms with Crippen molar-refractivity contribution in [2.24, 2.45) is 16.7 Å². The van der Waals surface area contributed by atoms with E-state index in [0.717, 1.165) is 6.42 Å². The third-order valence-electron chi connectivity index (χ3n) is 4.49. The summed E-state index contributed by atoms with van der Waals surface area (Å²) in [7, 11) is 0. The first kappa shape index (κ1) is 8.74. The second-order valence-electron chi connectivity index (χ2n) is 4.95. The molecule has 2 fully saturated rings. The van der Waals surface area contributed by atoms with Crippen LogP contribution in [0.1, 0.15) is 33.6 Å². The van der Waals surface area contributed by atoms with Crippen molar-refractivity contribution >= 4 is 21.7 Å². The van der Waals surface area contributed by atoms with Crippen molar-refractivity contribution in [1.29, 1.82) is 0 Å². The minimum absolute atomic E-state index is 0.0995. The molecule has 0 aromatic heterocycles. The molecule has 12 heavy (non-hydrogen) atoms. The monoisotopic (exact) mass is 230 g/mol. The number of alkyl halides is 1. The zero-order valence-corrected chi connectivity index (χ0v) is 9.44. The molecule has 0 aromatic rings. The lowest BCUT2D eigenvalue weighted by atomic mass is 9.70. The Balaban J connectivity index is 2.51. The van der Waals surface area contributed by atoms with Crippen LogP contribution < -0.4 is 0 Å². The van der Waals surface area contributed by atoms with Gasteiger partial charge < -0.3 is 0 Å². The Bertz CT molecular complexity index is 246. The van der Waals surface area contributed by atoms with Crippen LogP contribution in [0.2, 0.25) is 0 Å². The van der Waals surface area contributed by atoms with Gasteiger partial charge in [-0.05, 0) is 17.8 Å².